The molecule has 0 saturated carbocycles. The number of nitrogens with one attached hydrogen (secondary N) is 1. The van der Waals surface area contributed by atoms with Crippen LogP contribution in [0.1, 0.15) is 31.9 Å². The van der Waals surface area contributed by atoms with E-state index in [2.05, 4.69) is 5.32 Å². The first kappa shape index (κ1) is 23.3. The summed E-state index contributed by atoms with van der Waals surface area (Å²) in [6.45, 7) is 3.55. The Hall–Kier alpha value is -1.96. The Labute approximate surface area is 181 Å². The number of carbonyl (C=O) groups is 1. The highest BCUT2D eigenvalue weighted by Crippen LogP contribution is 2.30. The van der Waals surface area contributed by atoms with Crippen LogP contribution >= 0.6 is 23.2 Å². The Morgan fingerprint density at radius 2 is 1.76 bits per heavy atom. The normalized spacial score (nSPS) is 13.4. The minimum Gasteiger partial charge on any atom is -0.496 e. The molecule has 2 aromatic rings. The van der Waals surface area contributed by atoms with Crippen molar-refractivity contribution in [2.24, 2.45) is 0 Å². The van der Waals surface area contributed by atoms with Crippen molar-refractivity contribution in [1.82, 2.24) is 5.32 Å². The molecule has 2 aromatic carbocycles. The van der Waals surface area contributed by atoms with Gasteiger partial charge < -0.3 is 10.1 Å². The van der Waals surface area contributed by atoms with Crippen molar-refractivity contribution in [2.75, 3.05) is 17.7 Å². The first-order valence-corrected chi connectivity index (χ1v) is 11.6. The van der Waals surface area contributed by atoms with Gasteiger partial charge in [-0.1, -0.05) is 48.3 Å². The van der Waals surface area contributed by atoms with Crippen LogP contribution in [0.3, 0.4) is 0 Å². The summed E-state index contributed by atoms with van der Waals surface area (Å²) >= 11 is 12.1. The molecule has 29 heavy (non-hydrogen) atoms. The van der Waals surface area contributed by atoms with Gasteiger partial charge in [-0.25, -0.2) is 8.42 Å². The Kier molecular flexibility index (Phi) is 7.80. The van der Waals surface area contributed by atoms with Gasteiger partial charge in [0.2, 0.25) is 15.9 Å². The molecule has 0 saturated heterocycles. The number of para-hydroxylation sites is 1. The highest BCUT2D eigenvalue weighted by molar-refractivity contribution is 7.92. The SMILES string of the molecule is CC[C@H](C(=O)N[C@@H](C)c1ccccc1OC)N(c1cc(Cl)cc(Cl)c1)S(C)(=O)=O. The van der Waals surface area contributed by atoms with Gasteiger partial charge in [-0.15, -0.1) is 0 Å². The van der Waals surface area contributed by atoms with Gasteiger partial charge in [0.05, 0.1) is 25.1 Å². The van der Waals surface area contributed by atoms with Gasteiger partial charge in [0, 0.05) is 15.6 Å². The summed E-state index contributed by atoms with van der Waals surface area (Å²) in [7, 11) is -2.24. The number of benzene rings is 2. The standard InChI is InChI=1S/C20H24Cl2N2O4S/c1-5-18(20(25)23-13(2)17-8-6-7-9-19(17)28-3)24(29(4,26)27)16-11-14(21)10-15(22)12-16/h6-13,18H,5H2,1-4H3,(H,23,25)/t13-,18+/m0/s1. The number of carbonyl (C=O) groups excluding carboxylic acids is 1. The Morgan fingerprint density at radius 3 is 2.28 bits per heavy atom. The predicted octanol–water partition coefficient (Wildman–Crippen LogP) is 4.42. The highest BCUT2D eigenvalue weighted by Gasteiger charge is 2.32. The molecule has 158 valence electrons. The molecule has 0 aliphatic rings. The number of nitrogens with zero attached hydrogens (tertiary/aromatic N) is 1. The van der Waals surface area contributed by atoms with Crippen molar-refractivity contribution in [3.8, 4) is 5.75 Å². The van der Waals surface area contributed by atoms with Crippen LogP contribution in [0.25, 0.3) is 0 Å². The van der Waals surface area contributed by atoms with E-state index >= 15 is 0 Å². The molecule has 0 bridgehead atoms. The molecule has 0 unspecified atom stereocenters. The number of hydrogen-bond acceptors (Lipinski definition) is 4. The second-order valence-electron chi connectivity index (χ2n) is 6.58. The lowest BCUT2D eigenvalue weighted by molar-refractivity contribution is -0.122. The number of ether oxygens (including phenoxy) is 1. The summed E-state index contributed by atoms with van der Waals surface area (Å²) in [5.74, 6) is 0.197. The van der Waals surface area contributed by atoms with E-state index in [1.807, 2.05) is 25.1 Å². The number of rotatable bonds is 8. The molecule has 1 N–H and O–H groups in total. The minimum atomic E-state index is -3.79. The zero-order chi connectivity index (χ0) is 21.8. The van der Waals surface area contributed by atoms with Gasteiger partial charge in [-0.2, -0.15) is 0 Å². The molecule has 1 amide bonds. The first-order chi connectivity index (χ1) is 13.6. The lowest BCUT2D eigenvalue weighted by atomic mass is 10.1. The summed E-state index contributed by atoms with van der Waals surface area (Å²) in [5, 5.41) is 3.44. The third kappa shape index (κ3) is 5.78. The molecule has 0 aliphatic carbocycles. The van der Waals surface area contributed by atoms with Gasteiger partial charge in [0.25, 0.3) is 0 Å². The van der Waals surface area contributed by atoms with Crippen molar-refractivity contribution < 1.29 is 17.9 Å². The molecule has 9 heteroatoms. The molecular weight excluding hydrogens is 435 g/mol. The second kappa shape index (κ2) is 9.69. The van der Waals surface area contributed by atoms with Crippen LogP contribution < -0.4 is 14.4 Å². The molecule has 2 atom stereocenters. The van der Waals surface area contributed by atoms with Crippen LogP contribution in [0.2, 0.25) is 10.0 Å². The first-order valence-electron chi connectivity index (χ1n) is 8.97. The van der Waals surface area contributed by atoms with Crippen LogP contribution in [0.15, 0.2) is 42.5 Å². The minimum absolute atomic E-state index is 0.233. The maximum Gasteiger partial charge on any atom is 0.244 e. The number of hydrogen-bond donors (Lipinski definition) is 1. The van der Waals surface area contributed by atoms with Gasteiger partial charge >= 0.3 is 0 Å². The Bertz CT molecular complexity index is 962. The van der Waals surface area contributed by atoms with E-state index in [0.717, 1.165) is 16.1 Å². The maximum atomic E-state index is 13.1. The fraction of sp³-hybridized carbons (Fsp3) is 0.350. The smallest absolute Gasteiger partial charge is 0.244 e. The van der Waals surface area contributed by atoms with Crippen LogP contribution in [-0.4, -0.2) is 33.7 Å². The molecule has 6 nitrogen and oxygen atoms in total. The Morgan fingerprint density at radius 1 is 1.17 bits per heavy atom. The molecule has 0 fully saturated rings. The maximum absolute atomic E-state index is 13.1. The van der Waals surface area contributed by atoms with E-state index in [1.165, 1.54) is 18.2 Å². The fourth-order valence-electron chi connectivity index (χ4n) is 3.14. The summed E-state index contributed by atoms with van der Waals surface area (Å²) in [6, 6.07) is 10.4. The number of methoxy groups -OCH3 is 1. The van der Waals surface area contributed by atoms with E-state index in [0.29, 0.717) is 5.75 Å². The monoisotopic (exact) mass is 458 g/mol. The second-order valence-corrected chi connectivity index (χ2v) is 9.32. The highest BCUT2D eigenvalue weighted by atomic mass is 35.5. The van der Waals surface area contributed by atoms with Gasteiger partial charge in [0.1, 0.15) is 11.8 Å². The third-order valence-corrected chi connectivity index (χ3v) is 6.01. The zero-order valence-electron chi connectivity index (χ0n) is 16.6. The number of anilines is 1. The van der Waals surface area contributed by atoms with Crippen molar-refractivity contribution in [2.45, 2.75) is 32.4 Å². The molecule has 0 aromatic heterocycles. The average Bonchev–Trinajstić information content (AvgIpc) is 2.63. The van der Waals surface area contributed by atoms with Crippen molar-refractivity contribution in [3.63, 3.8) is 0 Å². The van der Waals surface area contributed by atoms with Gasteiger partial charge in [0.15, 0.2) is 0 Å². The van der Waals surface area contributed by atoms with Crippen LogP contribution in [0.4, 0.5) is 5.69 Å². The van der Waals surface area contributed by atoms with E-state index in [-0.39, 0.29) is 22.2 Å². The third-order valence-electron chi connectivity index (χ3n) is 4.40. The summed E-state index contributed by atoms with van der Waals surface area (Å²) < 4.78 is 31.5. The molecule has 2 rings (SSSR count). The summed E-state index contributed by atoms with van der Waals surface area (Å²) in [6.07, 6.45) is 1.29. The molecule has 0 aliphatic heterocycles. The number of sulfonamides is 1. The van der Waals surface area contributed by atoms with Crippen LogP contribution in [0, 0.1) is 0 Å². The van der Waals surface area contributed by atoms with E-state index < -0.39 is 28.0 Å². The van der Waals surface area contributed by atoms with E-state index in [9.17, 15) is 13.2 Å². The fourth-order valence-corrected chi connectivity index (χ4v) is 4.85. The molecule has 0 heterocycles. The molecule has 0 spiro atoms. The molecule has 0 radical (unpaired) electrons. The Balaban J connectivity index is 2.38. The average molecular weight is 459 g/mol. The topological polar surface area (TPSA) is 75.7 Å². The summed E-state index contributed by atoms with van der Waals surface area (Å²) in [4.78, 5) is 13.1. The number of halogens is 2. The van der Waals surface area contributed by atoms with Crippen LogP contribution in [0.5, 0.6) is 5.75 Å². The predicted molar refractivity (Wildman–Crippen MR) is 117 cm³/mol. The van der Waals surface area contributed by atoms with E-state index in [1.54, 1.807) is 20.1 Å². The van der Waals surface area contributed by atoms with Gasteiger partial charge in [-0.05, 0) is 37.6 Å². The van der Waals surface area contributed by atoms with E-state index in [4.69, 9.17) is 27.9 Å². The quantitative estimate of drug-likeness (QED) is 0.634. The zero-order valence-corrected chi connectivity index (χ0v) is 19.0. The summed E-state index contributed by atoms with van der Waals surface area (Å²) in [5.41, 5.74) is 1.02. The van der Waals surface area contributed by atoms with Crippen molar-refractivity contribution in [1.29, 1.82) is 0 Å². The van der Waals surface area contributed by atoms with Crippen molar-refractivity contribution >= 4 is 44.8 Å². The lowest BCUT2D eigenvalue weighted by Gasteiger charge is -2.31. The largest absolute Gasteiger partial charge is 0.496 e. The van der Waals surface area contributed by atoms with Crippen molar-refractivity contribution in [3.05, 3.63) is 58.1 Å². The van der Waals surface area contributed by atoms with Crippen LogP contribution in [-0.2, 0) is 14.8 Å². The lowest BCUT2D eigenvalue weighted by Crippen LogP contribution is -2.49. The van der Waals surface area contributed by atoms with Gasteiger partial charge in [-0.3, -0.25) is 9.10 Å². The molecular formula is C20H24Cl2N2O4S. The number of amides is 1.